The molecular formula is C18H16O5S. The zero-order valence-electron chi connectivity index (χ0n) is 13.0. The monoisotopic (exact) mass is 344 g/mol. The number of aldehydes is 1. The van der Waals surface area contributed by atoms with E-state index in [0.717, 1.165) is 17.4 Å². The second kappa shape index (κ2) is 5.34. The summed E-state index contributed by atoms with van der Waals surface area (Å²) in [5.41, 5.74) is 1.78. The van der Waals surface area contributed by atoms with E-state index < -0.39 is 21.0 Å². The molecule has 0 radical (unpaired) electrons. The van der Waals surface area contributed by atoms with Crippen LogP contribution in [0.4, 0.5) is 0 Å². The largest absolute Gasteiger partial charge is 0.454 e. The lowest BCUT2D eigenvalue weighted by Gasteiger charge is -2.05. The number of fused-ring (bicyclic) bond motifs is 1. The van der Waals surface area contributed by atoms with Gasteiger partial charge in [-0.2, -0.15) is 0 Å². The SMILES string of the molecule is Cc1ccc(S(=O)(=O)[C@@H]2[C@@H](C=O)[C@H]2c2ccc3c(c2)OCO3)cc1. The Balaban J connectivity index is 1.68. The summed E-state index contributed by atoms with van der Waals surface area (Å²) in [7, 11) is -3.56. The summed E-state index contributed by atoms with van der Waals surface area (Å²) in [5.74, 6) is 0.357. The molecule has 124 valence electrons. The zero-order valence-corrected chi connectivity index (χ0v) is 13.8. The summed E-state index contributed by atoms with van der Waals surface area (Å²) in [5, 5.41) is -0.724. The summed E-state index contributed by atoms with van der Waals surface area (Å²) in [6.45, 7) is 2.06. The van der Waals surface area contributed by atoms with Crippen LogP contribution in [-0.2, 0) is 14.6 Å². The first-order chi connectivity index (χ1) is 11.5. The molecule has 1 fully saturated rings. The van der Waals surface area contributed by atoms with Gasteiger partial charge in [-0.1, -0.05) is 23.8 Å². The third-order valence-electron chi connectivity index (χ3n) is 4.65. The fourth-order valence-corrected chi connectivity index (χ4v) is 5.40. The molecule has 0 N–H and O–H groups in total. The van der Waals surface area contributed by atoms with Gasteiger partial charge in [0.25, 0.3) is 0 Å². The zero-order chi connectivity index (χ0) is 16.9. The average Bonchev–Trinajstić information content (AvgIpc) is 3.15. The van der Waals surface area contributed by atoms with Gasteiger partial charge in [-0.05, 0) is 36.8 Å². The molecule has 2 aliphatic rings. The van der Waals surface area contributed by atoms with E-state index in [1.54, 1.807) is 42.5 Å². The second-order valence-electron chi connectivity index (χ2n) is 6.17. The number of carbonyl (C=O) groups excluding carboxylic acids is 1. The lowest BCUT2D eigenvalue weighted by molar-refractivity contribution is -0.108. The van der Waals surface area contributed by atoms with Crippen molar-refractivity contribution < 1.29 is 22.7 Å². The van der Waals surface area contributed by atoms with E-state index >= 15 is 0 Å². The molecule has 3 atom stereocenters. The highest BCUT2D eigenvalue weighted by atomic mass is 32.2. The minimum atomic E-state index is -3.56. The van der Waals surface area contributed by atoms with Gasteiger partial charge < -0.3 is 14.3 Å². The highest BCUT2D eigenvalue weighted by Gasteiger charge is 2.59. The number of benzene rings is 2. The van der Waals surface area contributed by atoms with E-state index in [9.17, 15) is 13.2 Å². The van der Waals surface area contributed by atoms with Crippen molar-refractivity contribution in [3.05, 3.63) is 53.6 Å². The lowest BCUT2D eigenvalue weighted by atomic mass is 10.1. The molecule has 6 heteroatoms. The van der Waals surface area contributed by atoms with E-state index in [0.29, 0.717) is 11.5 Å². The van der Waals surface area contributed by atoms with Crippen LogP contribution in [0.15, 0.2) is 47.4 Å². The van der Waals surface area contributed by atoms with Crippen molar-refractivity contribution in [1.82, 2.24) is 0 Å². The van der Waals surface area contributed by atoms with Crippen molar-refractivity contribution in [1.29, 1.82) is 0 Å². The molecule has 1 aliphatic carbocycles. The quantitative estimate of drug-likeness (QED) is 0.797. The molecule has 2 aromatic rings. The minimum absolute atomic E-state index is 0.158. The molecule has 1 saturated carbocycles. The van der Waals surface area contributed by atoms with E-state index in [1.807, 2.05) is 6.92 Å². The van der Waals surface area contributed by atoms with Crippen LogP contribution in [0.3, 0.4) is 0 Å². The maximum atomic E-state index is 12.9. The maximum absolute atomic E-state index is 12.9. The van der Waals surface area contributed by atoms with Crippen LogP contribution in [0, 0.1) is 12.8 Å². The van der Waals surface area contributed by atoms with Gasteiger partial charge in [0.1, 0.15) is 6.29 Å². The number of hydrogen-bond acceptors (Lipinski definition) is 5. The number of ether oxygens (including phenoxy) is 2. The Morgan fingerprint density at radius 2 is 1.75 bits per heavy atom. The average molecular weight is 344 g/mol. The second-order valence-corrected chi connectivity index (χ2v) is 8.28. The highest BCUT2D eigenvalue weighted by Crippen LogP contribution is 2.54. The van der Waals surface area contributed by atoms with Crippen LogP contribution in [0.25, 0.3) is 0 Å². The van der Waals surface area contributed by atoms with Crippen LogP contribution in [0.1, 0.15) is 17.0 Å². The van der Waals surface area contributed by atoms with E-state index in [-0.39, 0.29) is 17.6 Å². The van der Waals surface area contributed by atoms with Crippen LogP contribution in [0.2, 0.25) is 0 Å². The topological polar surface area (TPSA) is 69.7 Å². The Morgan fingerprint density at radius 1 is 1.04 bits per heavy atom. The summed E-state index contributed by atoms with van der Waals surface area (Å²) >= 11 is 0. The molecule has 24 heavy (non-hydrogen) atoms. The molecular weight excluding hydrogens is 328 g/mol. The van der Waals surface area contributed by atoms with E-state index in [2.05, 4.69) is 0 Å². The predicted molar refractivity (Wildman–Crippen MR) is 87.0 cm³/mol. The van der Waals surface area contributed by atoms with Gasteiger partial charge in [-0.15, -0.1) is 0 Å². The third-order valence-corrected chi connectivity index (χ3v) is 6.91. The van der Waals surface area contributed by atoms with Crippen molar-refractivity contribution in [3.8, 4) is 11.5 Å². The van der Waals surface area contributed by atoms with Crippen LogP contribution >= 0.6 is 0 Å². The minimum Gasteiger partial charge on any atom is -0.454 e. The fourth-order valence-electron chi connectivity index (χ4n) is 3.28. The molecule has 0 spiro atoms. The van der Waals surface area contributed by atoms with Gasteiger partial charge in [-0.3, -0.25) is 0 Å². The van der Waals surface area contributed by atoms with Crippen molar-refractivity contribution >= 4 is 16.1 Å². The molecule has 4 rings (SSSR count). The summed E-state index contributed by atoms with van der Waals surface area (Å²) in [4.78, 5) is 11.7. The third kappa shape index (κ3) is 2.29. The van der Waals surface area contributed by atoms with Gasteiger partial charge in [-0.25, -0.2) is 8.42 Å². The Morgan fingerprint density at radius 3 is 2.46 bits per heavy atom. The Bertz CT molecular complexity index is 902. The Hall–Kier alpha value is -2.34. The smallest absolute Gasteiger partial charge is 0.231 e. The number of sulfone groups is 1. The first kappa shape index (κ1) is 15.2. The van der Waals surface area contributed by atoms with Crippen molar-refractivity contribution in [2.75, 3.05) is 6.79 Å². The molecule has 0 amide bonds. The molecule has 0 saturated heterocycles. The summed E-state index contributed by atoms with van der Waals surface area (Å²) in [6.07, 6.45) is 0.742. The summed E-state index contributed by atoms with van der Waals surface area (Å²) < 4.78 is 36.4. The molecule has 5 nitrogen and oxygen atoms in total. The molecule has 0 aromatic heterocycles. The van der Waals surface area contributed by atoms with Crippen LogP contribution in [-0.4, -0.2) is 26.7 Å². The first-order valence-electron chi connectivity index (χ1n) is 7.68. The molecule has 0 unspecified atom stereocenters. The van der Waals surface area contributed by atoms with Crippen molar-refractivity contribution in [3.63, 3.8) is 0 Å². The normalized spacial score (nSPS) is 24.6. The van der Waals surface area contributed by atoms with Crippen LogP contribution < -0.4 is 9.47 Å². The van der Waals surface area contributed by atoms with E-state index in [4.69, 9.17) is 9.47 Å². The number of hydrogen-bond donors (Lipinski definition) is 0. The fraction of sp³-hybridized carbons (Fsp3) is 0.278. The van der Waals surface area contributed by atoms with Crippen molar-refractivity contribution in [2.45, 2.75) is 23.0 Å². The molecule has 0 bridgehead atoms. The lowest BCUT2D eigenvalue weighted by Crippen LogP contribution is -2.11. The van der Waals surface area contributed by atoms with Gasteiger partial charge in [0.15, 0.2) is 21.3 Å². The predicted octanol–water partition coefficient (Wildman–Crippen LogP) is 2.48. The van der Waals surface area contributed by atoms with Crippen LogP contribution in [0.5, 0.6) is 11.5 Å². The number of aryl methyl sites for hydroxylation is 1. The van der Waals surface area contributed by atoms with Gasteiger partial charge in [0.2, 0.25) is 6.79 Å². The van der Waals surface area contributed by atoms with Gasteiger partial charge in [0.05, 0.1) is 10.1 Å². The number of carbonyl (C=O) groups is 1. The summed E-state index contributed by atoms with van der Waals surface area (Å²) in [6, 6.07) is 12.1. The first-order valence-corrected chi connectivity index (χ1v) is 9.22. The standard InChI is InChI=1S/C18H16O5S/c1-11-2-5-13(6-3-11)24(20,21)18-14(9-19)17(18)12-4-7-15-16(8-12)23-10-22-15/h2-9,14,17-18H,10H2,1H3/t14-,17+,18+/m0/s1. The molecule has 2 aromatic carbocycles. The molecule has 1 heterocycles. The highest BCUT2D eigenvalue weighted by molar-refractivity contribution is 7.92. The van der Waals surface area contributed by atoms with Gasteiger partial charge in [0, 0.05) is 11.8 Å². The van der Waals surface area contributed by atoms with E-state index in [1.165, 1.54) is 0 Å². The van der Waals surface area contributed by atoms with Crippen molar-refractivity contribution in [2.24, 2.45) is 5.92 Å². The Labute approximate surface area is 140 Å². The Kier molecular flexibility index (Phi) is 3.38. The van der Waals surface area contributed by atoms with Gasteiger partial charge >= 0.3 is 0 Å². The molecule has 1 aliphatic heterocycles. The number of rotatable bonds is 4. The maximum Gasteiger partial charge on any atom is 0.231 e.